The lowest BCUT2D eigenvalue weighted by Crippen LogP contribution is -2.20. The van der Waals surface area contributed by atoms with Gasteiger partial charge < -0.3 is 4.74 Å². The minimum absolute atomic E-state index is 0.0500. The van der Waals surface area contributed by atoms with E-state index in [4.69, 9.17) is 16.3 Å². The molecule has 0 spiro atoms. The SMILES string of the molecule is COc1ccc(C(C)=NNC(=O)c2cccc(S(=O)(=O)Nc3ccc(Cl)cc3)c2)cc1. The van der Waals surface area contributed by atoms with Crippen LogP contribution in [0.5, 0.6) is 5.75 Å². The zero-order valence-corrected chi connectivity index (χ0v) is 18.4. The van der Waals surface area contributed by atoms with Gasteiger partial charge >= 0.3 is 0 Å². The molecule has 3 aromatic rings. The molecule has 31 heavy (non-hydrogen) atoms. The maximum Gasteiger partial charge on any atom is 0.271 e. The van der Waals surface area contributed by atoms with Crippen molar-refractivity contribution in [1.29, 1.82) is 0 Å². The van der Waals surface area contributed by atoms with Crippen LogP contribution in [-0.4, -0.2) is 27.1 Å². The maximum atomic E-state index is 12.7. The Kier molecular flexibility index (Phi) is 6.94. The Hall–Kier alpha value is -3.36. The summed E-state index contributed by atoms with van der Waals surface area (Å²) in [6.45, 7) is 1.75. The van der Waals surface area contributed by atoms with E-state index in [0.29, 0.717) is 22.2 Å². The highest BCUT2D eigenvalue weighted by molar-refractivity contribution is 7.92. The van der Waals surface area contributed by atoms with Gasteiger partial charge in [-0.25, -0.2) is 13.8 Å². The van der Waals surface area contributed by atoms with Crippen LogP contribution in [0.4, 0.5) is 5.69 Å². The highest BCUT2D eigenvalue weighted by Crippen LogP contribution is 2.19. The van der Waals surface area contributed by atoms with Crippen molar-refractivity contribution in [3.05, 3.63) is 88.9 Å². The summed E-state index contributed by atoms with van der Waals surface area (Å²) in [4.78, 5) is 12.4. The summed E-state index contributed by atoms with van der Waals surface area (Å²) in [7, 11) is -2.31. The zero-order chi connectivity index (χ0) is 22.4. The second-order valence-electron chi connectivity index (χ2n) is 6.51. The van der Waals surface area contributed by atoms with Gasteiger partial charge in [0, 0.05) is 16.3 Å². The summed E-state index contributed by atoms with van der Waals surface area (Å²) >= 11 is 5.82. The van der Waals surface area contributed by atoms with E-state index in [1.165, 1.54) is 24.3 Å². The molecule has 0 aliphatic heterocycles. The van der Waals surface area contributed by atoms with Gasteiger partial charge in [0.25, 0.3) is 15.9 Å². The molecule has 7 nitrogen and oxygen atoms in total. The monoisotopic (exact) mass is 457 g/mol. The Labute approximate surface area is 185 Å². The van der Waals surface area contributed by atoms with E-state index < -0.39 is 15.9 Å². The molecule has 3 rings (SSSR count). The fourth-order valence-electron chi connectivity index (χ4n) is 2.63. The molecule has 3 aromatic carbocycles. The number of hydrazone groups is 1. The van der Waals surface area contributed by atoms with E-state index in [9.17, 15) is 13.2 Å². The average Bonchev–Trinajstić information content (AvgIpc) is 2.78. The molecular formula is C22H20ClN3O4S. The van der Waals surface area contributed by atoms with Gasteiger partial charge in [-0.3, -0.25) is 9.52 Å². The topological polar surface area (TPSA) is 96.9 Å². The highest BCUT2D eigenvalue weighted by Gasteiger charge is 2.16. The summed E-state index contributed by atoms with van der Waals surface area (Å²) in [6.07, 6.45) is 0. The number of anilines is 1. The molecule has 0 fully saturated rings. The molecule has 0 atom stereocenters. The van der Waals surface area contributed by atoms with Gasteiger partial charge in [0.1, 0.15) is 5.75 Å². The number of carbonyl (C=O) groups is 1. The van der Waals surface area contributed by atoms with Gasteiger partial charge in [-0.15, -0.1) is 0 Å². The normalized spacial score (nSPS) is 11.6. The van der Waals surface area contributed by atoms with Gasteiger partial charge in [-0.2, -0.15) is 5.10 Å². The third-order valence-electron chi connectivity index (χ3n) is 4.34. The van der Waals surface area contributed by atoms with E-state index in [0.717, 1.165) is 5.56 Å². The number of rotatable bonds is 7. The van der Waals surface area contributed by atoms with Gasteiger partial charge in [-0.1, -0.05) is 17.7 Å². The van der Waals surface area contributed by atoms with Crippen LogP contribution in [0.25, 0.3) is 0 Å². The van der Waals surface area contributed by atoms with E-state index >= 15 is 0 Å². The van der Waals surface area contributed by atoms with Crippen LogP contribution in [0.3, 0.4) is 0 Å². The lowest BCUT2D eigenvalue weighted by Gasteiger charge is -2.09. The molecule has 160 valence electrons. The minimum atomic E-state index is -3.88. The van der Waals surface area contributed by atoms with Crippen molar-refractivity contribution >= 4 is 38.9 Å². The average molecular weight is 458 g/mol. The number of methoxy groups -OCH3 is 1. The first-order valence-electron chi connectivity index (χ1n) is 9.16. The summed E-state index contributed by atoms with van der Waals surface area (Å²) in [5.41, 5.74) is 4.36. The number of halogens is 1. The predicted molar refractivity (Wildman–Crippen MR) is 121 cm³/mol. The Balaban J connectivity index is 1.73. The second-order valence-corrected chi connectivity index (χ2v) is 8.63. The van der Waals surface area contributed by atoms with Crippen LogP contribution in [0.2, 0.25) is 5.02 Å². The van der Waals surface area contributed by atoms with Crippen molar-refractivity contribution < 1.29 is 17.9 Å². The van der Waals surface area contributed by atoms with Crippen molar-refractivity contribution in [2.45, 2.75) is 11.8 Å². The van der Waals surface area contributed by atoms with E-state index in [-0.39, 0.29) is 10.5 Å². The lowest BCUT2D eigenvalue weighted by atomic mass is 10.1. The van der Waals surface area contributed by atoms with E-state index in [1.54, 1.807) is 50.4 Å². The van der Waals surface area contributed by atoms with Crippen molar-refractivity contribution in [3.63, 3.8) is 0 Å². The summed E-state index contributed by atoms with van der Waals surface area (Å²) in [6, 6.07) is 19.2. The smallest absolute Gasteiger partial charge is 0.271 e. The number of ether oxygens (including phenoxy) is 1. The quantitative estimate of drug-likeness (QED) is 0.408. The minimum Gasteiger partial charge on any atom is -0.497 e. The third kappa shape index (κ3) is 5.84. The molecule has 0 aromatic heterocycles. The third-order valence-corrected chi connectivity index (χ3v) is 5.97. The Bertz CT molecular complexity index is 1210. The van der Waals surface area contributed by atoms with Crippen molar-refractivity contribution in [1.82, 2.24) is 5.43 Å². The molecule has 0 radical (unpaired) electrons. The van der Waals surface area contributed by atoms with Crippen molar-refractivity contribution in [2.24, 2.45) is 5.10 Å². The Morgan fingerprint density at radius 2 is 1.65 bits per heavy atom. The molecule has 0 unspecified atom stereocenters. The van der Waals surface area contributed by atoms with Gasteiger partial charge in [0.05, 0.1) is 17.7 Å². The molecule has 0 aliphatic carbocycles. The van der Waals surface area contributed by atoms with Crippen LogP contribution in [0.15, 0.2) is 82.8 Å². The van der Waals surface area contributed by atoms with Crippen LogP contribution in [0.1, 0.15) is 22.8 Å². The van der Waals surface area contributed by atoms with Crippen molar-refractivity contribution in [2.75, 3.05) is 11.8 Å². The van der Waals surface area contributed by atoms with Crippen LogP contribution >= 0.6 is 11.6 Å². The number of carbonyl (C=O) groups excluding carboxylic acids is 1. The zero-order valence-electron chi connectivity index (χ0n) is 16.8. The first-order valence-corrected chi connectivity index (χ1v) is 11.0. The van der Waals surface area contributed by atoms with Crippen LogP contribution in [-0.2, 0) is 10.0 Å². The number of nitrogens with one attached hydrogen (secondary N) is 2. The Morgan fingerprint density at radius 1 is 0.968 bits per heavy atom. The molecule has 0 saturated carbocycles. The molecular weight excluding hydrogens is 438 g/mol. The molecule has 9 heteroatoms. The summed E-state index contributed by atoms with van der Waals surface area (Å²) in [5.74, 6) is 0.183. The largest absolute Gasteiger partial charge is 0.497 e. The van der Waals surface area contributed by atoms with Gasteiger partial charge in [0.2, 0.25) is 0 Å². The first kappa shape index (κ1) is 22.3. The molecule has 0 bridgehead atoms. The van der Waals surface area contributed by atoms with E-state index in [1.807, 2.05) is 12.1 Å². The maximum absolute atomic E-state index is 12.7. The number of hydrogen-bond donors (Lipinski definition) is 2. The first-order chi connectivity index (χ1) is 14.8. The predicted octanol–water partition coefficient (Wildman–Crippen LogP) is 4.30. The van der Waals surface area contributed by atoms with Gasteiger partial charge in [-0.05, 0) is 79.2 Å². The number of sulfonamides is 1. The number of benzene rings is 3. The molecule has 2 N–H and O–H groups in total. The van der Waals surface area contributed by atoms with E-state index in [2.05, 4.69) is 15.2 Å². The fraction of sp³-hybridized carbons (Fsp3) is 0.0909. The summed E-state index contributed by atoms with van der Waals surface area (Å²) < 4.78 is 32.9. The van der Waals surface area contributed by atoms with Crippen LogP contribution in [0, 0.1) is 0 Å². The number of nitrogens with zero attached hydrogens (tertiary/aromatic N) is 1. The molecule has 0 aliphatic rings. The second kappa shape index (κ2) is 9.63. The molecule has 0 saturated heterocycles. The number of amides is 1. The molecule has 1 amide bonds. The highest BCUT2D eigenvalue weighted by atomic mass is 35.5. The lowest BCUT2D eigenvalue weighted by molar-refractivity contribution is 0.0954. The van der Waals surface area contributed by atoms with Crippen molar-refractivity contribution in [3.8, 4) is 5.75 Å². The fourth-order valence-corrected chi connectivity index (χ4v) is 3.86. The summed E-state index contributed by atoms with van der Waals surface area (Å²) in [5, 5.41) is 4.59. The number of hydrogen-bond acceptors (Lipinski definition) is 5. The van der Waals surface area contributed by atoms with Crippen LogP contribution < -0.4 is 14.9 Å². The standard InChI is InChI=1S/C22H20ClN3O4S/c1-15(16-6-12-20(30-2)13-7-16)24-25-22(27)17-4-3-5-21(14-17)31(28,29)26-19-10-8-18(23)9-11-19/h3-14,26H,1-2H3,(H,25,27). The van der Waals surface area contributed by atoms with Gasteiger partial charge in [0.15, 0.2) is 0 Å². The molecule has 0 heterocycles. The Morgan fingerprint density at radius 3 is 2.29 bits per heavy atom.